The summed E-state index contributed by atoms with van der Waals surface area (Å²) in [6, 6.07) is 18.0. The summed E-state index contributed by atoms with van der Waals surface area (Å²) in [6.07, 6.45) is 7.91. The fourth-order valence-electron chi connectivity index (χ4n) is 2.85. The summed E-state index contributed by atoms with van der Waals surface area (Å²) in [6.45, 7) is 6.42. The number of hydrogen-bond donors (Lipinski definition) is 0. The Morgan fingerprint density at radius 2 is 1.27 bits per heavy atom. The van der Waals surface area contributed by atoms with E-state index in [1.54, 1.807) is 0 Å². The first kappa shape index (κ1) is 14.6. The van der Waals surface area contributed by atoms with Gasteiger partial charge in [-0.3, -0.25) is 0 Å². The van der Waals surface area contributed by atoms with Crippen molar-refractivity contribution >= 4 is 11.4 Å². The molecule has 1 nitrogen and oxygen atoms in total. The van der Waals surface area contributed by atoms with E-state index in [9.17, 15) is 0 Å². The number of hydrogen-bond acceptors (Lipinski definition) is 1. The van der Waals surface area contributed by atoms with Crippen LogP contribution in [0.25, 0.3) is 0 Å². The van der Waals surface area contributed by atoms with Gasteiger partial charge in [0.1, 0.15) is 0 Å². The Morgan fingerprint density at radius 1 is 0.773 bits per heavy atom. The standard InChI is InChI=1S/C21H23N/c1-16-4-10-19(11-5-16)22(20-12-6-17(2)7-13-20)21-14-8-18(3)9-15-21/h4-14,21H,15H2,1-3H3. The molecule has 0 aliphatic heterocycles. The highest BCUT2D eigenvalue weighted by Gasteiger charge is 2.19. The highest BCUT2D eigenvalue weighted by Crippen LogP contribution is 2.31. The van der Waals surface area contributed by atoms with E-state index >= 15 is 0 Å². The molecule has 3 rings (SSSR count). The van der Waals surface area contributed by atoms with Crippen LogP contribution in [0.1, 0.15) is 24.5 Å². The van der Waals surface area contributed by atoms with E-state index in [2.05, 4.69) is 92.4 Å². The van der Waals surface area contributed by atoms with Crippen molar-refractivity contribution in [3.63, 3.8) is 0 Å². The van der Waals surface area contributed by atoms with Gasteiger partial charge in [0.05, 0.1) is 6.04 Å². The molecular weight excluding hydrogens is 266 g/mol. The van der Waals surface area contributed by atoms with Gasteiger partial charge in [-0.15, -0.1) is 0 Å². The molecule has 0 N–H and O–H groups in total. The Kier molecular flexibility index (Phi) is 4.15. The maximum atomic E-state index is 2.43. The first-order valence-electron chi connectivity index (χ1n) is 7.91. The molecule has 0 spiro atoms. The number of rotatable bonds is 3. The summed E-state index contributed by atoms with van der Waals surface area (Å²) in [5.74, 6) is 0. The monoisotopic (exact) mass is 289 g/mol. The van der Waals surface area contributed by atoms with Gasteiger partial charge in [-0.25, -0.2) is 0 Å². The lowest BCUT2D eigenvalue weighted by molar-refractivity contribution is 0.779. The van der Waals surface area contributed by atoms with Gasteiger partial charge >= 0.3 is 0 Å². The van der Waals surface area contributed by atoms with E-state index in [1.807, 2.05) is 0 Å². The molecule has 0 saturated heterocycles. The second-order valence-electron chi connectivity index (χ2n) is 6.15. The van der Waals surface area contributed by atoms with Gasteiger partial charge in [-0.2, -0.15) is 0 Å². The van der Waals surface area contributed by atoms with Gasteiger partial charge in [0, 0.05) is 11.4 Å². The van der Waals surface area contributed by atoms with Gasteiger partial charge < -0.3 is 4.90 Å². The number of allylic oxidation sites excluding steroid dienone is 2. The molecule has 0 amide bonds. The molecule has 0 aromatic heterocycles. The van der Waals surface area contributed by atoms with Gasteiger partial charge in [0.25, 0.3) is 0 Å². The van der Waals surface area contributed by atoms with Crippen LogP contribution in [-0.4, -0.2) is 6.04 Å². The smallest absolute Gasteiger partial charge is 0.0560 e. The molecule has 1 heteroatoms. The van der Waals surface area contributed by atoms with Crippen molar-refractivity contribution in [2.24, 2.45) is 0 Å². The molecule has 0 heterocycles. The summed E-state index contributed by atoms with van der Waals surface area (Å²) < 4.78 is 0. The van der Waals surface area contributed by atoms with Crippen molar-refractivity contribution < 1.29 is 0 Å². The first-order valence-corrected chi connectivity index (χ1v) is 7.91. The second kappa shape index (κ2) is 6.23. The van der Waals surface area contributed by atoms with E-state index in [1.165, 1.54) is 28.1 Å². The molecular formula is C21H23N. The van der Waals surface area contributed by atoms with Gasteiger partial charge in [-0.05, 0) is 51.5 Å². The molecule has 1 aliphatic rings. The second-order valence-corrected chi connectivity index (χ2v) is 6.15. The molecule has 1 unspecified atom stereocenters. The van der Waals surface area contributed by atoms with E-state index in [0.29, 0.717) is 6.04 Å². The number of nitrogens with zero attached hydrogens (tertiary/aromatic N) is 1. The van der Waals surface area contributed by atoms with Crippen molar-refractivity contribution in [1.29, 1.82) is 0 Å². The number of anilines is 2. The summed E-state index contributed by atoms with van der Waals surface area (Å²) in [5.41, 5.74) is 6.43. The minimum absolute atomic E-state index is 0.370. The highest BCUT2D eigenvalue weighted by atomic mass is 15.2. The van der Waals surface area contributed by atoms with E-state index in [-0.39, 0.29) is 0 Å². The van der Waals surface area contributed by atoms with Crippen molar-refractivity contribution in [2.45, 2.75) is 33.2 Å². The van der Waals surface area contributed by atoms with Gasteiger partial charge in [-0.1, -0.05) is 59.2 Å². The molecule has 0 fully saturated rings. The van der Waals surface area contributed by atoms with Crippen molar-refractivity contribution in [3.05, 3.63) is 83.5 Å². The normalized spacial score (nSPS) is 17.2. The largest absolute Gasteiger partial charge is 0.334 e. The summed E-state index contributed by atoms with van der Waals surface area (Å²) >= 11 is 0. The zero-order valence-corrected chi connectivity index (χ0v) is 13.6. The maximum Gasteiger partial charge on any atom is 0.0560 e. The molecule has 2 aromatic rings. The van der Waals surface area contributed by atoms with E-state index in [0.717, 1.165) is 6.42 Å². The minimum atomic E-state index is 0.370. The third-order valence-electron chi connectivity index (χ3n) is 4.22. The minimum Gasteiger partial charge on any atom is -0.334 e. The topological polar surface area (TPSA) is 3.24 Å². The summed E-state index contributed by atoms with van der Waals surface area (Å²) in [4.78, 5) is 2.43. The quantitative estimate of drug-likeness (QED) is 0.699. The van der Waals surface area contributed by atoms with Gasteiger partial charge in [0.2, 0.25) is 0 Å². The molecule has 1 aliphatic carbocycles. The third kappa shape index (κ3) is 3.14. The average Bonchev–Trinajstić information content (AvgIpc) is 2.53. The Hall–Kier alpha value is -2.28. The first-order chi connectivity index (χ1) is 10.6. The average molecular weight is 289 g/mol. The lowest BCUT2D eigenvalue weighted by atomic mass is 10.0. The fourth-order valence-corrected chi connectivity index (χ4v) is 2.85. The zero-order valence-electron chi connectivity index (χ0n) is 13.6. The summed E-state index contributed by atoms with van der Waals surface area (Å²) in [5, 5.41) is 0. The van der Waals surface area contributed by atoms with Crippen LogP contribution in [0.4, 0.5) is 11.4 Å². The van der Waals surface area contributed by atoms with Crippen LogP contribution in [0, 0.1) is 13.8 Å². The van der Waals surface area contributed by atoms with Gasteiger partial charge in [0.15, 0.2) is 0 Å². The van der Waals surface area contributed by atoms with Crippen LogP contribution >= 0.6 is 0 Å². The number of aryl methyl sites for hydroxylation is 2. The van der Waals surface area contributed by atoms with Crippen molar-refractivity contribution in [1.82, 2.24) is 0 Å². The van der Waals surface area contributed by atoms with Crippen LogP contribution in [0.15, 0.2) is 72.3 Å². The maximum absolute atomic E-state index is 2.43. The third-order valence-corrected chi connectivity index (χ3v) is 4.22. The van der Waals surface area contributed by atoms with Crippen LogP contribution in [0.5, 0.6) is 0 Å². The Balaban J connectivity index is 2.00. The lowest BCUT2D eigenvalue weighted by Crippen LogP contribution is -2.30. The van der Waals surface area contributed by atoms with Crippen molar-refractivity contribution in [2.75, 3.05) is 4.90 Å². The Morgan fingerprint density at radius 3 is 1.68 bits per heavy atom. The lowest BCUT2D eigenvalue weighted by Gasteiger charge is -2.33. The van der Waals surface area contributed by atoms with Crippen LogP contribution in [0.2, 0.25) is 0 Å². The van der Waals surface area contributed by atoms with Crippen molar-refractivity contribution in [3.8, 4) is 0 Å². The zero-order chi connectivity index (χ0) is 15.5. The molecule has 22 heavy (non-hydrogen) atoms. The summed E-state index contributed by atoms with van der Waals surface area (Å²) in [7, 11) is 0. The van der Waals surface area contributed by atoms with E-state index in [4.69, 9.17) is 0 Å². The predicted octanol–water partition coefficient (Wildman–Crippen LogP) is 5.72. The Labute approximate surface area is 133 Å². The van der Waals surface area contributed by atoms with Crippen LogP contribution in [0.3, 0.4) is 0 Å². The SMILES string of the molecule is CC1=CCC(N(c2ccc(C)cc2)c2ccc(C)cc2)C=C1. The van der Waals surface area contributed by atoms with Crippen LogP contribution < -0.4 is 4.90 Å². The molecule has 2 aromatic carbocycles. The molecule has 0 bridgehead atoms. The molecule has 112 valence electrons. The molecule has 0 radical (unpaired) electrons. The molecule has 1 atom stereocenters. The van der Waals surface area contributed by atoms with E-state index < -0.39 is 0 Å². The predicted molar refractivity (Wildman–Crippen MR) is 95.8 cm³/mol. The number of benzene rings is 2. The van der Waals surface area contributed by atoms with Crippen LogP contribution in [-0.2, 0) is 0 Å². The molecule has 0 saturated carbocycles. The fraction of sp³-hybridized carbons (Fsp3) is 0.238. The highest BCUT2D eigenvalue weighted by molar-refractivity contribution is 5.66. The Bertz CT molecular complexity index is 644.